The van der Waals surface area contributed by atoms with Gasteiger partial charge in [-0.15, -0.1) is 0 Å². The second kappa shape index (κ2) is 4.30. The van der Waals surface area contributed by atoms with Crippen molar-refractivity contribution in [3.8, 4) is 5.75 Å². The standard InChI is InChI=1S/C10H11NO2/c1-8(12)6-7-11-9-2-4-10(13)5-3-9/h2-7,11,13H,1H3/b7-6+. The molecule has 0 atom stereocenters. The first-order valence-electron chi connectivity index (χ1n) is 3.91. The van der Waals surface area contributed by atoms with Crippen molar-refractivity contribution in [3.63, 3.8) is 0 Å². The van der Waals surface area contributed by atoms with E-state index in [2.05, 4.69) is 5.32 Å². The highest BCUT2D eigenvalue weighted by molar-refractivity contribution is 5.87. The third-order valence-corrected chi connectivity index (χ3v) is 1.44. The van der Waals surface area contributed by atoms with Gasteiger partial charge in [-0.25, -0.2) is 0 Å². The minimum atomic E-state index is -0.00808. The SMILES string of the molecule is CC(=O)/C=C/Nc1ccc(O)cc1. The van der Waals surface area contributed by atoms with Crippen LogP contribution in [-0.4, -0.2) is 10.9 Å². The highest BCUT2D eigenvalue weighted by Gasteiger charge is 1.88. The Kier molecular flexibility index (Phi) is 3.09. The van der Waals surface area contributed by atoms with Crippen molar-refractivity contribution in [1.82, 2.24) is 0 Å². The Morgan fingerprint density at radius 3 is 2.54 bits per heavy atom. The largest absolute Gasteiger partial charge is 0.508 e. The normalized spacial score (nSPS) is 10.2. The summed E-state index contributed by atoms with van der Waals surface area (Å²) < 4.78 is 0. The molecule has 0 amide bonds. The van der Waals surface area contributed by atoms with E-state index in [-0.39, 0.29) is 11.5 Å². The molecule has 3 heteroatoms. The van der Waals surface area contributed by atoms with E-state index in [1.807, 2.05) is 0 Å². The van der Waals surface area contributed by atoms with Crippen LogP contribution < -0.4 is 5.32 Å². The number of hydrogen-bond acceptors (Lipinski definition) is 3. The summed E-state index contributed by atoms with van der Waals surface area (Å²) in [6.07, 6.45) is 3.00. The fraction of sp³-hybridized carbons (Fsp3) is 0.100. The molecular formula is C10H11NO2. The van der Waals surface area contributed by atoms with Gasteiger partial charge in [0.25, 0.3) is 0 Å². The average molecular weight is 177 g/mol. The van der Waals surface area contributed by atoms with Gasteiger partial charge in [0.2, 0.25) is 0 Å². The number of allylic oxidation sites excluding steroid dienone is 1. The summed E-state index contributed by atoms with van der Waals surface area (Å²) in [5, 5.41) is 11.9. The second-order valence-corrected chi connectivity index (χ2v) is 2.64. The number of aromatic hydroxyl groups is 1. The van der Waals surface area contributed by atoms with E-state index >= 15 is 0 Å². The number of hydrogen-bond donors (Lipinski definition) is 2. The van der Waals surface area contributed by atoms with Crippen molar-refractivity contribution in [3.05, 3.63) is 36.5 Å². The number of ketones is 1. The van der Waals surface area contributed by atoms with Crippen LogP contribution in [0.4, 0.5) is 5.69 Å². The van der Waals surface area contributed by atoms with Crippen LogP contribution >= 0.6 is 0 Å². The maximum Gasteiger partial charge on any atom is 0.154 e. The van der Waals surface area contributed by atoms with Gasteiger partial charge in [0, 0.05) is 11.9 Å². The zero-order valence-electron chi connectivity index (χ0n) is 7.32. The van der Waals surface area contributed by atoms with E-state index < -0.39 is 0 Å². The quantitative estimate of drug-likeness (QED) is 0.547. The summed E-state index contributed by atoms with van der Waals surface area (Å²) in [6, 6.07) is 6.59. The molecular weight excluding hydrogens is 166 g/mol. The van der Waals surface area contributed by atoms with Gasteiger partial charge in [0.15, 0.2) is 5.78 Å². The zero-order chi connectivity index (χ0) is 9.68. The Bertz CT molecular complexity index is 314. The summed E-state index contributed by atoms with van der Waals surface area (Å²) in [5.41, 5.74) is 0.829. The number of carbonyl (C=O) groups excluding carboxylic acids is 1. The van der Waals surface area contributed by atoms with Crippen molar-refractivity contribution in [2.75, 3.05) is 5.32 Å². The van der Waals surface area contributed by atoms with Crippen molar-refractivity contribution in [2.24, 2.45) is 0 Å². The van der Waals surface area contributed by atoms with Crippen molar-refractivity contribution >= 4 is 11.5 Å². The molecule has 0 aliphatic heterocycles. The first kappa shape index (κ1) is 9.32. The van der Waals surface area contributed by atoms with E-state index in [0.717, 1.165) is 5.69 Å². The Hall–Kier alpha value is -1.77. The predicted octanol–water partition coefficient (Wildman–Crippen LogP) is 1.91. The second-order valence-electron chi connectivity index (χ2n) is 2.64. The summed E-state index contributed by atoms with van der Waals surface area (Å²) >= 11 is 0. The Labute approximate surface area is 76.7 Å². The van der Waals surface area contributed by atoms with Crippen molar-refractivity contribution < 1.29 is 9.90 Å². The predicted molar refractivity (Wildman–Crippen MR) is 51.6 cm³/mol. The van der Waals surface area contributed by atoms with Crippen LogP contribution in [0.2, 0.25) is 0 Å². The molecule has 0 bridgehead atoms. The Morgan fingerprint density at radius 2 is 2.00 bits per heavy atom. The molecule has 0 fully saturated rings. The minimum absolute atomic E-state index is 0.00808. The van der Waals surface area contributed by atoms with Gasteiger partial charge in [0.05, 0.1) is 0 Å². The first-order valence-corrected chi connectivity index (χ1v) is 3.91. The zero-order valence-corrected chi connectivity index (χ0v) is 7.32. The van der Waals surface area contributed by atoms with Gasteiger partial charge >= 0.3 is 0 Å². The number of anilines is 1. The number of benzene rings is 1. The molecule has 68 valence electrons. The fourth-order valence-corrected chi connectivity index (χ4v) is 0.813. The van der Waals surface area contributed by atoms with Crippen LogP contribution in [0.1, 0.15) is 6.92 Å². The number of carbonyl (C=O) groups is 1. The topological polar surface area (TPSA) is 49.3 Å². The van der Waals surface area contributed by atoms with Crippen LogP contribution in [0, 0.1) is 0 Å². The van der Waals surface area contributed by atoms with E-state index in [9.17, 15) is 4.79 Å². The number of phenols is 1. The molecule has 0 aliphatic carbocycles. The van der Waals surface area contributed by atoms with Crippen LogP contribution in [0.15, 0.2) is 36.5 Å². The lowest BCUT2D eigenvalue weighted by Gasteiger charge is -1.99. The fourth-order valence-electron chi connectivity index (χ4n) is 0.813. The molecule has 1 aromatic carbocycles. The van der Waals surface area contributed by atoms with Gasteiger partial charge in [0.1, 0.15) is 5.75 Å². The van der Waals surface area contributed by atoms with Crippen LogP contribution in [0.3, 0.4) is 0 Å². The van der Waals surface area contributed by atoms with Crippen LogP contribution in [0.5, 0.6) is 5.75 Å². The van der Waals surface area contributed by atoms with Gasteiger partial charge in [-0.05, 0) is 37.3 Å². The average Bonchev–Trinajstić information content (AvgIpc) is 2.08. The molecule has 0 radical (unpaired) electrons. The molecule has 3 nitrogen and oxygen atoms in total. The molecule has 0 aromatic heterocycles. The van der Waals surface area contributed by atoms with E-state index in [1.165, 1.54) is 13.0 Å². The van der Waals surface area contributed by atoms with Crippen LogP contribution in [0.25, 0.3) is 0 Å². The maximum atomic E-state index is 10.5. The lowest BCUT2D eigenvalue weighted by Crippen LogP contribution is -1.89. The maximum absolute atomic E-state index is 10.5. The van der Waals surface area contributed by atoms with Gasteiger partial charge < -0.3 is 10.4 Å². The third-order valence-electron chi connectivity index (χ3n) is 1.44. The molecule has 0 heterocycles. The number of nitrogens with one attached hydrogen (secondary N) is 1. The number of rotatable bonds is 3. The monoisotopic (exact) mass is 177 g/mol. The smallest absolute Gasteiger partial charge is 0.154 e. The molecule has 0 saturated carbocycles. The Balaban J connectivity index is 2.55. The van der Waals surface area contributed by atoms with Crippen LogP contribution in [-0.2, 0) is 4.79 Å². The van der Waals surface area contributed by atoms with Gasteiger partial charge in [-0.2, -0.15) is 0 Å². The molecule has 13 heavy (non-hydrogen) atoms. The van der Waals surface area contributed by atoms with E-state index in [1.54, 1.807) is 30.5 Å². The van der Waals surface area contributed by atoms with E-state index in [0.29, 0.717) is 0 Å². The summed E-state index contributed by atoms with van der Waals surface area (Å²) in [6.45, 7) is 1.48. The molecule has 1 rings (SSSR count). The summed E-state index contributed by atoms with van der Waals surface area (Å²) in [5.74, 6) is 0.215. The Morgan fingerprint density at radius 1 is 1.38 bits per heavy atom. The minimum Gasteiger partial charge on any atom is -0.508 e. The van der Waals surface area contributed by atoms with Crippen molar-refractivity contribution in [2.45, 2.75) is 6.92 Å². The molecule has 0 aliphatic rings. The summed E-state index contributed by atoms with van der Waals surface area (Å²) in [4.78, 5) is 10.5. The highest BCUT2D eigenvalue weighted by atomic mass is 16.3. The lowest BCUT2D eigenvalue weighted by molar-refractivity contribution is -0.112. The highest BCUT2D eigenvalue weighted by Crippen LogP contribution is 2.13. The lowest BCUT2D eigenvalue weighted by atomic mass is 10.3. The third kappa shape index (κ3) is 3.42. The van der Waals surface area contributed by atoms with Crippen molar-refractivity contribution in [1.29, 1.82) is 0 Å². The first-order chi connectivity index (χ1) is 6.18. The molecule has 0 spiro atoms. The van der Waals surface area contributed by atoms with Gasteiger partial charge in [-0.1, -0.05) is 0 Å². The van der Waals surface area contributed by atoms with E-state index in [4.69, 9.17) is 5.11 Å². The molecule has 1 aromatic rings. The molecule has 2 N–H and O–H groups in total. The molecule has 0 saturated heterocycles. The molecule has 0 unspecified atom stereocenters. The number of phenolic OH excluding ortho intramolecular Hbond substituents is 1. The summed E-state index contributed by atoms with van der Waals surface area (Å²) in [7, 11) is 0. The van der Waals surface area contributed by atoms with Gasteiger partial charge in [-0.3, -0.25) is 4.79 Å².